The number of benzene rings is 2. The van der Waals surface area contributed by atoms with Crippen LogP contribution in [0.5, 0.6) is 5.75 Å². The lowest BCUT2D eigenvalue weighted by atomic mass is 9.93. The van der Waals surface area contributed by atoms with Gasteiger partial charge >= 0.3 is 6.09 Å². The Morgan fingerprint density at radius 1 is 1.00 bits per heavy atom. The number of nitrogens with one attached hydrogen (secondary N) is 2. The Labute approximate surface area is 213 Å². The molecule has 0 fully saturated rings. The van der Waals surface area contributed by atoms with Gasteiger partial charge in [0.2, 0.25) is 5.91 Å². The molecule has 2 aromatic rings. The third-order valence-corrected chi connectivity index (χ3v) is 5.05. The minimum Gasteiger partial charge on any atom is -0.497 e. The first kappa shape index (κ1) is 28.2. The molecule has 192 valence electrons. The molecule has 0 aliphatic heterocycles. The van der Waals surface area contributed by atoms with Crippen molar-refractivity contribution >= 4 is 23.6 Å². The second kappa shape index (κ2) is 11.6. The van der Waals surface area contributed by atoms with Crippen LogP contribution in [-0.2, 0) is 14.3 Å². The van der Waals surface area contributed by atoms with Gasteiger partial charge in [-0.3, -0.25) is 9.59 Å². The molecule has 0 spiro atoms. The van der Waals surface area contributed by atoms with Crippen molar-refractivity contribution in [1.82, 2.24) is 10.2 Å². The van der Waals surface area contributed by atoms with Gasteiger partial charge in [0.25, 0.3) is 5.91 Å². The fraction of sp³-hybridized carbons (Fsp3) is 0.393. The summed E-state index contributed by atoms with van der Waals surface area (Å²) in [7, 11) is 1.55. The first-order valence-electron chi connectivity index (χ1n) is 11.6. The SMILES string of the molecule is C#Cc1ccccc1C(C(=O)Nc1ccc(OC)cc1)N(C(=O)CNC(=O)OC(C)(C)C)C(C)(C)C. The van der Waals surface area contributed by atoms with Gasteiger partial charge < -0.3 is 25.0 Å². The van der Waals surface area contributed by atoms with Crippen molar-refractivity contribution < 1.29 is 23.9 Å². The van der Waals surface area contributed by atoms with Crippen LogP contribution < -0.4 is 15.4 Å². The van der Waals surface area contributed by atoms with E-state index in [9.17, 15) is 14.4 Å². The van der Waals surface area contributed by atoms with Crippen LogP contribution in [0, 0.1) is 12.3 Å². The Morgan fingerprint density at radius 3 is 2.14 bits per heavy atom. The van der Waals surface area contributed by atoms with Gasteiger partial charge in [-0.15, -0.1) is 6.42 Å². The Hall–Kier alpha value is -3.99. The topological polar surface area (TPSA) is 97.0 Å². The summed E-state index contributed by atoms with van der Waals surface area (Å²) in [5, 5.41) is 5.37. The third kappa shape index (κ3) is 7.77. The zero-order chi connectivity index (χ0) is 27.1. The molecule has 3 amide bonds. The van der Waals surface area contributed by atoms with Crippen molar-refractivity contribution in [2.24, 2.45) is 0 Å². The smallest absolute Gasteiger partial charge is 0.408 e. The Kier molecular flexibility index (Phi) is 9.12. The van der Waals surface area contributed by atoms with Gasteiger partial charge in [-0.25, -0.2) is 4.79 Å². The van der Waals surface area contributed by atoms with E-state index in [1.165, 1.54) is 4.90 Å². The molecule has 1 unspecified atom stereocenters. The molecule has 0 heterocycles. The van der Waals surface area contributed by atoms with E-state index in [1.807, 2.05) is 20.8 Å². The number of hydrogen-bond donors (Lipinski definition) is 2. The number of carbonyl (C=O) groups excluding carboxylic acids is 3. The van der Waals surface area contributed by atoms with Crippen LogP contribution >= 0.6 is 0 Å². The van der Waals surface area contributed by atoms with Crippen LogP contribution in [-0.4, -0.2) is 47.6 Å². The summed E-state index contributed by atoms with van der Waals surface area (Å²) in [5.74, 6) is 2.32. The predicted molar refractivity (Wildman–Crippen MR) is 140 cm³/mol. The van der Waals surface area contributed by atoms with Gasteiger partial charge in [-0.05, 0) is 77.4 Å². The average molecular weight is 494 g/mol. The maximum absolute atomic E-state index is 13.7. The Bertz CT molecular complexity index is 1120. The van der Waals surface area contributed by atoms with E-state index in [-0.39, 0.29) is 6.54 Å². The zero-order valence-electron chi connectivity index (χ0n) is 22.0. The second-order valence-electron chi connectivity index (χ2n) is 10.1. The molecule has 2 N–H and O–H groups in total. The molecule has 2 aromatic carbocycles. The van der Waals surface area contributed by atoms with Crippen molar-refractivity contribution in [3.8, 4) is 18.1 Å². The van der Waals surface area contributed by atoms with E-state index in [4.69, 9.17) is 15.9 Å². The van der Waals surface area contributed by atoms with Crippen molar-refractivity contribution in [3.05, 3.63) is 59.7 Å². The number of terminal acetylenes is 1. The number of carbonyl (C=O) groups is 3. The summed E-state index contributed by atoms with van der Waals surface area (Å²) in [6.07, 6.45) is 5.01. The number of methoxy groups -OCH3 is 1. The third-order valence-electron chi connectivity index (χ3n) is 5.05. The summed E-state index contributed by atoms with van der Waals surface area (Å²) in [5.41, 5.74) is -0.0297. The van der Waals surface area contributed by atoms with E-state index in [0.717, 1.165) is 0 Å². The van der Waals surface area contributed by atoms with Gasteiger partial charge in [0, 0.05) is 16.8 Å². The monoisotopic (exact) mass is 493 g/mol. The second-order valence-corrected chi connectivity index (χ2v) is 10.1. The first-order chi connectivity index (χ1) is 16.8. The maximum Gasteiger partial charge on any atom is 0.408 e. The van der Waals surface area contributed by atoms with E-state index in [1.54, 1.807) is 76.4 Å². The molecule has 0 saturated carbocycles. The van der Waals surface area contributed by atoms with Crippen molar-refractivity contribution in [2.75, 3.05) is 19.0 Å². The number of rotatable bonds is 7. The highest BCUT2D eigenvalue weighted by molar-refractivity contribution is 5.99. The van der Waals surface area contributed by atoms with E-state index in [0.29, 0.717) is 22.6 Å². The van der Waals surface area contributed by atoms with Crippen LogP contribution in [0.15, 0.2) is 48.5 Å². The molecule has 0 saturated heterocycles. The minimum absolute atomic E-state index is 0.364. The predicted octanol–water partition coefficient (Wildman–Crippen LogP) is 4.51. The Morgan fingerprint density at radius 2 is 1.61 bits per heavy atom. The molecule has 1 atom stereocenters. The fourth-order valence-electron chi connectivity index (χ4n) is 3.60. The number of anilines is 1. The molecule has 2 rings (SSSR count). The van der Waals surface area contributed by atoms with Crippen molar-refractivity contribution in [2.45, 2.75) is 58.7 Å². The molecule has 8 heteroatoms. The van der Waals surface area contributed by atoms with Crippen molar-refractivity contribution in [3.63, 3.8) is 0 Å². The lowest BCUT2D eigenvalue weighted by Gasteiger charge is -2.41. The summed E-state index contributed by atoms with van der Waals surface area (Å²) in [6, 6.07) is 12.7. The van der Waals surface area contributed by atoms with Crippen molar-refractivity contribution in [1.29, 1.82) is 0 Å². The number of amides is 3. The van der Waals surface area contributed by atoms with Gasteiger partial charge in [-0.1, -0.05) is 24.1 Å². The van der Waals surface area contributed by atoms with E-state index in [2.05, 4.69) is 16.6 Å². The number of nitrogens with zero attached hydrogens (tertiary/aromatic N) is 1. The fourth-order valence-corrected chi connectivity index (χ4v) is 3.60. The molecule has 36 heavy (non-hydrogen) atoms. The molecule has 0 aliphatic rings. The summed E-state index contributed by atoms with van der Waals surface area (Å²) >= 11 is 0. The standard InChI is InChI=1S/C28H35N3O5/c1-9-19-12-10-11-13-22(19)24(25(33)30-20-14-16-21(35-8)17-15-20)31(27(2,3)4)23(32)18-29-26(34)36-28(5,6)7/h1,10-17,24H,18H2,2-8H3,(H,29,34)(H,30,33). The molecule has 0 aromatic heterocycles. The van der Waals surface area contributed by atoms with Crippen LogP contribution in [0.3, 0.4) is 0 Å². The van der Waals surface area contributed by atoms with Gasteiger partial charge in [0.1, 0.15) is 23.9 Å². The maximum atomic E-state index is 13.7. The average Bonchev–Trinajstić information content (AvgIpc) is 2.79. The number of ether oxygens (including phenoxy) is 2. The van der Waals surface area contributed by atoms with Crippen LogP contribution in [0.1, 0.15) is 58.7 Å². The molecule has 0 bridgehead atoms. The van der Waals surface area contributed by atoms with Gasteiger partial charge in [0.15, 0.2) is 0 Å². The van der Waals surface area contributed by atoms with E-state index >= 15 is 0 Å². The molecular weight excluding hydrogens is 458 g/mol. The molecular formula is C28H35N3O5. The number of hydrogen-bond acceptors (Lipinski definition) is 5. The first-order valence-corrected chi connectivity index (χ1v) is 11.6. The van der Waals surface area contributed by atoms with Gasteiger partial charge in [-0.2, -0.15) is 0 Å². The molecule has 0 radical (unpaired) electrons. The normalized spacial score (nSPS) is 12.1. The lowest BCUT2D eigenvalue weighted by Crippen LogP contribution is -2.54. The lowest BCUT2D eigenvalue weighted by molar-refractivity contribution is -0.144. The van der Waals surface area contributed by atoms with Crippen LogP contribution in [0.2, 0.25) is 0 Å². The molecule has 0 aliphatic carbocycles. The highest BCUT2D eigenvalue weighted by Crippen LogP contribution is 2.32. The largest absolute Gasteiger partial charge is 0.497 e. The summed E-state index contributed by atoms with van der Waals surface area (Å²) < 4.78 is 10.4. The molecule has 8 nitrogen and oxygen atoms in total. The van der Waals surface area contributed by atoms with Crippen LogP contribution in [0.25, 0.3) is 0 Å². The Balaban J connectivity index is 2.46. The van der Waals surface area contributed by atoms with Crippen LogP contribution in [0.4, 0.5) is 10.5 Å². The zero-order valence-corrected chi connectivity index (χ0v) is 22.0. The minimum atomic E-state index is -1.08. The summed E-state index contributed by atoms with van der Waals surface area (Å²) in [4.78, 5) is 40.9. The number of alkyl carbamates (subject to hydrolysis) is 1. The highest BCUT2D eigenvalue weighted by atomic mass is 16.6. The highest BCUT2D eigenvalue weighted by Gasteiger charge is 2.39. The van der Waals surface area contributed by atoms with Gasteiger partial charge in [0.05, 0.1) is 7.11 Å². The summed E-state index contributed by atoms with van der Waals surface area (Å²) in [6.45, 7) is 10.3. The quantitative estimate of drug-likeness (QED) is 0.554. The van der Waals surface area contributed by atoms with E-state index < -0.39 is 35.1 Å².